The highest BCUT2D eigenvalue weighted by Crippen LogP contribution is 2.24. The van der Waals surface area contributed by atoms with Crippen LogP contribution < -0.4 is 15.4 Å². The van der Waals surface area contributed by atoms with Gasteiger partial charge in [0.2, 0.25) is 0 Å². The number of hydrogen-bond donors (Lipinski definition) is 2. The first-order valence-electron chi connectivity index (χ1n) is 6.77. The van der Waals surface area contributed by atoms with Crippen molar-refractivity contribution < 1.29 is 9.53 Å². The molecule has 1 atom stereocenters. The SMILES string of the molecule is COc1ccc(C2NC(=NCC(C)C)NC2=O)cc1C. The maximum atomic E-state index is 12.0. The average Bonchev–Trinajstić information content (AvgIpc) is 2.77. The van der Waals surface area contributed by atoms with Gasteiger partial charge in [0.15, 0.2) is 5.96 Å². The zero-order valence-electron chi connectivity index (χ0n) is 12.4. The largest absolute Gasteiger partial charge is 0.496 e. The molecule has 1 saturated heterocycles. The van der Waals surface area contributed by atoms with E-state index in [1.165, 1.54) is 0 Å². The van der Waals surface area contributed by atoms with Crippen molar-refractivity contribution in [3.05, 3.63) is 29.3 Å². The second-order valence-electron chi connectivity index (χ2n) is 5.38. The number of guanidine groups is 1. The number of carbonyl (C=O) groups excluding carboxylic acids is 1. The molecule has 0 radical (unpaired) electrons. The third-order valence-corrected chi connectivity index (χ3v) is 3.15. The minimum atomic E-state index is -0.384. The summed E-state index contributed by atoms with van der Waals surface area (Å²) in [5.41, 5.74) is 1.92. The standard InChI is InChI=1S/C15H21N3O2/c1-9(2)8-16-15-17-13(14(19)18-15)11-5-6-12(20-4)10(3)7-11/h5-7,9,13H,8H2,1-4H3,(H2,16,17,18,19). The summed E-state index contributed by atoms with van der Waals surface area (Å²) >= 11 is 0. The van der Waals surface area contributed by atoms with Crippen molar-refractivity contribution in [2.45, 2.75) is 26.8 Å². The molecule has 1 heterocycles. The smallest absolute Gasteiger partial charge is 0.253 e. The summed E-state index contributed by atoms with van der Waals surface area (Å²) < 4.78 is 5.23. The van der Waals surface area contributed by atoms with E-state index in [1.54, 1.807) is 7.11 Å². The van der Waals surface area contributed by atoms with Gasteiger partial charge in [-0.1, -0.05) is 19.9 Å². The predicted octanol–water partition coefficient (Wildman–Crippen LogP) is 1.78. The van der Waals surface area contributed by atoms with Crippen molar-refractivity contribution in [2.75, 3.05) is 13.7 Å². The highest BCUT2D eigenvalue weighted by molar-refractivity contribution is 6.06. The fraction of sp³-hybridized carbons (Fsp3) is 0.467. The summed E-state index contributed by atoms with van der Waals surface area (Å²) in [5.74, 6) is 1.77. The summed E-state index contributed by atoms with van der Waals surface area (Å²) in [6.07, 6.45) is 0. The third kappa shape index (κ3) is 3.10. The molecule has 0 spiro atoms. The van der Waals surface area contributed by atoms with Crippen LogP contribution in [-0.2, 0) is 4.79 Å². The lowest BCUT2D eigenvalue weighted by atomic mass is 10.0. The van der Waals surface area contributed by atoms with Crippen LogP contribution in [0.5, 0.6) is 5.75 Å². The average molecular weight is 275 g/mol. The molecule has 1 aliphatic rings. The highest BCUT2D eigenvalue weighted by Gasteiger charge is 2.29. The Bertz CT molecular complexity index is 538. The number of ether oxygens (including phenoxy) is 1. The Morgan fingerprint density at radius 3 is 2.75 bits per heavy atom. The molecule has 2 rings (SSSR count). The van der Waals surface area contributed by atoms with E-state index in [1.807, 2.05) is 25.1 Å². The quantitative estimate of drug-likeness (QED) is 0.880. The number of aliphatic imine (C=N–C) groups is 1. The molecule has 1 aliphatic heterocycles. The van der Waals surface area contributed by atoms with Crippen LogP contribution in [0.1, 0.15) is 31.0 Å². The zero-order valence-corrected chi connectivity index (χ0v) is 12.4. The van der Waals surface area contributed by atoms with Gasteiger partial charge < -0.3 is 10.1 Å². The second kappa shape index (κ2) is 5.94. The van der Waals surface area contributed by atoms with E-state index >= 15 is 0 Å². The molecular weight excluding hydrogens is 254 g/mol. The fourth-order valence-electron chi connectivity index (χ4n) is 2.10. The number of aryl methyl sites for hydroxylation is 1. The molecule has 1 aromatic rings. The van der Waals surface area contributed by atoms with Crippen molar-refractivity contribution in [2.24, 2.45) is 10.9 Å². The van der Waals surface area contributed by atoms with Gasteiger partial charge >= 0.3 is 0 Å². The fourth-order valence-corrected chi connectivity index (χ4v) is 2.10. The number of methoxy groups -OCH3 is 1. The number of benzene rings is 1. The number of hydrogen-bond acceptors (Lipinski definition) is 3. The van der Waals surface area contributed by atoms with Gasteiger partial charge in [0, 0.05) is 6.54 Å². The molecule has 1 fully saturated rings. The molecular formula is C15H21N3O2. The van der Waals surface area contributed by atoms with Crippen LogP contribution in [0.2, 0.25) is 0 Å². The second-order valence-corrected chi connectivity index (χ2v) is 5.38. The minimum Gasteiger partial charge on any atom is -0.496 e. The Labute approximate surface area is 119 Å². The molecule has 0 bridgehead atoms. The Kier molecular flexibility index (Phi) is 4.27. The van der Waals surface area contributed by atoms with Gasteiger partial charge in [-0.3, -0.25) is 15.1 Å². The lowest BCUT2D eigenvalue weighted by Gasteiger charge is -2.11. The van der Waals surface area contributed by atoms with E-state index in [-0.39, 0.29) is 11.9 Å². The summed E-state index contributed by atoms with van der Waals surface area (Å²) in [5, 5.41) is 5.90. The zero-order chi connectivity index (χ0) is 14.7. The van der Waals surface area contributed by atoms with Crippen molar-refractivity contribution in [3.63, 3.8) is 0 Å². The van der Waals surface area contributed by atoms with Crippen LogP contribution in [0.15, 0.2) is 23.2 Å². The predicted molar refractivity (Wildman–Crippen MR) is 78.9 cm³/mol. The Hall–Kier alpha value is -2.04. The van der Waals surface area contributed by atoms with Crippen molar-refractivity contribution in [3.8, 4) is 5.75 Å². The topological polar surface area (TPSA) is 62.7 Å². The first-order chi connectivity index (χ1) is 9.51. The normalized spacial score (nSPS) is 20.1. The van der Waals surface area contributed by atoms with Crippen LogP contribution in [-0.4, -0.2) is 25.5 Å². The van der Waals surface area contributed by atoms with Gasteiger partial charge in [-0.15, -0.1) is 0 Å². The monoisotopic (exact) mass is 275 g/mol. The summed E-state index contributed by atoms with van der Waals surface area (Å²) in [7, 11) is 1.64. The minimum absolute atomic E-state index is 0.0722. The maximum absolute atomic E-state index is 12.0. The molecule has 0 aromatic heterocycles. The molecule has 0 saturated carbocycles. The molecule has 1 amide bonds. The first kappa shape index (κ1) is 14.4. The van der Waals surface area contributed by atoms with Gasteiger partial charge in [-0.2, -0.15) is 0 Å². The molecule has 0 aliphatic carbocycles. The number of amides is 1. The van der Waals surface area contributed by atoms with Gasteiger partial charge in [0.05, 0.1) is 7.11 Å². The van der Waals surface area contributed by atoms with E-state index in [9.17, 15) is 4.79 Å². The lowest BCUT2D eigenvalue weighted by Crippen LogP contribution is -2.26. The van der Waals surface area contributed by atoms with Crippen molar-refractivity contribution in [1.82, 2.24) is 10.6 Å². The highest BCUT2D eigenvalue weighted by atomic mass is 16.5. The number of nitrogens with zero attached hydrogens (tertiary/aromatic N) is 1. The van der Waals surface area contributed by atoms with Gasteiger partial charge in [0.25, 0.3) is 5.91 Å². The molecule has 5 heteroatoms. The van der Waals surface area contributed by atoms with Gasteiger partial charge in [0.1, 0.15) is 11.8 Å². The Morgan fingerprint density at radius 2 is 2.15 bits per heavy atom. The lowest BCUT2D eigenvalue weighted by molar-refractivity contribution is -0.120. The van der Waals surface area contributed by atoms with Crippen LogP contribution in [0, 0.1) is 12.8 Å². The van der Waals surface area contributed by atoms with Crippen LogP contribution >= 0.6 is 0 Å². The van der Waals surface area contributed by atoms with Crippen molar-refractivity contribution in [1.29, 1.82) is 0 Å². The van der Waals surface area contributed by atoms with Gasteiger partial charge in [-0.05, 0) is 36.1 Å². The van der Waals surface area contributed by atoms with Gasteiger partial charge in [-0.25, -0.2) is 0 Å². The number of carbonyl (C=O) groups is 1. The van der Waals surface area contributed by atoms with Crippen LogP contribution in [0.3, 0.4) is 0 Å². The van der Waals surface area contributed by atoms with E-state index in [0.717, 1.165) is 16.9 Å². The first-order valence-corrected chi connectivity index (χ1v) is 6.77. The van der Waals surface area contributed by atoms with E-state index in [4.69, 9.17) is 4.74 Å². The van der Waals surface area contributed by atoms with E-state index in [0.29, 0.717) is 18.4 Å². The third-order valence-electron chi connectivity index (χ3n) is 3.15. The maximum Gasteiger partial charge on any atom is 0.253 e. The van der Waals surface area contributed by atoms with Crippen molar-refractivity contribution >= 4 is 11.9 Å². The Balaban J connectivity index is 2.15. The molecule has 108 valence electrons. The number of rotatable bonds is 4. The Morgan fingerprint density at radius 1 is 1.40 bits per heavy atom. The number of nitrogens with one attached hydrogen (secondary N) is 2. The molecule has 1 aromatic carbocycles. The summed E-state index contributed by atoms with van der Waals surface area (Å²) in [6, 6.07) is 5.35. The summed E-state index contributed by atoms with van der Waals surface area (Å²) in [6.45, 7) is 6.83. The molecule has 5 nitrogen and oxygen atoms in total. The summed E-state index contributed by atoms with van der Waals surface area (Å²) in [4.78, 5) is 16.4. The molecule has 20 heavy (non-hydrogen) atoms. The van der Waals surface area contributed by atoms with E-state index in [2.05, 4.69) is 29.5 Å². The van der Waals surface area contributed by atoms with Crippen LogP contribution in [0.4, 0.5) is 0 Å². The van der Waals surface area contributed by atoms with E-state index < -0.39 is 0 Å². The molecule has 2 N–H and O–H groups in total. The molecule has 1 unspecified atom stereocenters. The van der Waals surface area contributed by atoms with Crippen LogP contribution in [0.25, 0.3) is 0 Å².